The van der Waals surface area contributed by atoms with Gasteiger partial charge in [-0.1, -0.05) is 11.6 Å². The number of carbonyl (C=O) groups is 1. The van der Waals surface area contributed by atoms with E-state index in [1.54, 1.807) is 38.3 Å². The molecule has 0 aliphatic heterocycles. The molecule has 1 heterocycles. The van der Waals surface area contributed by atoms with Crippen molar-refractivity contribution in [3.05, 3.63) is 35.5 Å². The van der Waals surface area contributed by atoms with Gasteiger partial charge in [0.1, 0.15) is 17.3 Å². The van der Waals surface area contributed by atoms with E-state index in [4.69, 9.17) is 25.8 Å². The average Bonchev–Trinajstić information content (AvgIpc) is 2.58. The van der Waals surface area contributed by atoms with E-state index in [9.17, 15) is 4.79 Å². The molecule has 2 aromatic rings. The van der Waals surface area contributed by atoms with E-state index in [0.717, 1.165) is 0 Å². The maximum atomic E-state index is 11.4. The van der Waals surface area contributed by atoms with Crippen LogP contribution < -0.4 is 20.1 Å². The van der Waals surface area contributed by atoms with Crippen LogP contribution in [0.5, 0.6) is 11.5 Å². The van der Waals surface area contributed by atoms with E-state index in [1.165, 1.54) is 13.3 Å². The topological polar surface area (TPSA) is 81.7 Å². The number of aromatic nitrogens is 1. The van der Waals surface area contributed by atoms with Gasteiger partial charge in [0.2, 0.25) is 0 Å². The Balaban J connectivity index is 2.15. The van der Waals surface area contributed by atoms with Crippen molar-refractivity contribution in [3.8, 4) is 11.5 Å². The van der Waals surface area contributed by atoms with Crippen molar-refractivity contribution in [2.24, 2.45) is 0 Å². The van der Waals surface area contributed by atoms with E-state index in [1.807, 2.05) is 0 Å². The normalized spacial score (nSPS) is 10.0. The molecule has 0 atom stereocenters. The molecule has 1 aromatic heterocycles. The Bertz CT molecular complexity index is 707. The monoisotopic (exact) mass is 351 g/mol. The molecule has 1 aromatic carbocycles. The summed E-state index contributed by atoms with van der Waals surface area (Å²) in [6.45, 7) is 2.04. The second kappa shape index (κ2) is 8.26. The predicted octanol–water partition coefficient (Wildman–Crippen LogP) is 4.06. The summed E-state index contributed by atoms with van der Waals surface area (Å²) in [6, 6.07) is 6.78. The van der Waals surface area contributed by atoms with Gasteiger partial charge in [0, 0.05) is 12.1 Å². The molecule has 0 unspecified atom stereocenters. The lowest BCUT2D eigenvalue weighted by Gasteiger charge is -2.13. The maximum absolute atomic E-state index is 11.4. The smallest absolute Gasteiger partial charge is 0.411 e. The zero-order valence-corrected chi connectivity index (χ0v) is 14.3. The van der Waals surface area contributed by atoms with Gasteiger partial charge in [-0.15, -0.1) is 0 Å². The minimum atomic E-state index is -0.524. The first-order valence-corrected chi connectivity index (χ1v) is 7.53. The number of pyridine rings is 1. The van der Waals surface area contributed by atoms with Gasteiger partial charge in [-0.2, -0.15) is 0 Å². The van der Waals surface area contributed by atoms with Crippen LogP contribution in [0.1, 0.15) is 6.92 Å². The lowest BCUT2D eigenvalue weighted by Crippen LogP contribution is -2.13. The third-order valence-electron chi connectivity index (χ3n) is 3.02. The van der Waals surface area contributed by atoms with Crippen LogP contribution in [-0.2, 0) is 4.74 Å². The number of rotatable bonds is 6. The molecular formula is C16H18ClN3O4. The highest BCUT2D eigenvalue weighted by atomic mass is 35.5. The van der Waals surface area contributed by atoms with Crippen molar-refractivity contribution in [2.45, 2.75) is 6.92 Å². The van der Waals surface area contributed by atoms with Crippen molar-refractivity contribution in [1.29, 1.82) is 0 Å². The standard InChI is InChI=1S/C16H18ClN3O4/c1-4-24-16(21)19-10-5-6-15(18-9-10)20-12-8-13(22-2)11(17)7-14(12)23-3/h5-9H,4H2,1-3H3,(H,18,20)(H,19,21). The van der Waals surface area contributed by atoms with Crippen LogP contribution in [0.25, 0.3) is 0 Å². The molecule has 0 aliphatic carbocycles. The van der Waals surface area contributed by atoms with Crippen LogP contribution >= 0.6 is 11.6 Å². The zero-order valence-electron chi connectivity index (χ0n) is 13.6. The van der Waals surface area contributed by atoms with Crippen molar-refractivity contribution in [1.82, 2.24) is 4.98 Å². The molecular weight excluding hydrogens is 334 g/mol. The molecule has 0 saturated heterocycles. The van der Waals surface area contributed by atoms with Crippen LogP contribution in [0.2, 0.25) is 5.02 Å². The van der Waals surface area contributed by atoms with E-state index in [-0.39, 0.29) is 0 Å². The zero-order chi connectivity index (χ0) is 17.5. The van der Waals surface area contributed by atoms with E-state index in [0.29, 0.717) is 40.3 Å². The first kappa shape index (κ1) is 17.7. The van der Waals surface area contributed by atoms with Crippen molar-refractivity contribution >= 4 is 34.9 Å². The number of nitrogens with one attached hydrogen (secondary N) is 2. The van der Waals surface area contributed by atoms with Crippen LogP contribution in [0.3, 0.4) is 0 Å². The summed E-state index contributed by atoms with van der Waals surface area (Å²) in [5, 5.41) is 6.13. The largest absolute Gasteiger partial charge is 0.495 e. The van der Waals surface area contributed by atoms with Gasteiger partial charge in [-0.3, -0.25) is 5.32 Å². The highest BCUT2D eigenvalue weighted by Crippen LogP contribution is 2.37. The summed E-state index contributed by atoms with van der Waals surface area (Å²) < 4.78 is 15.3. The van der Waals surface area contributed by atoms with Crippen molar-refractivity contribution in [3.63, 3.8) is 0 Å². The summed E-state index contributed by atoms with van der Waals surface area (Å²) in [7, 11) is 3.08. The Morgan fingerprint density at radius 1 is 1.21 bits per heavy atom. The minimum Gasteiger partial charge on any atom is -0.495 e. The first-order chi connectivity index (χ1) is 11.6. The van der Waals surface area contributed by atoms with Crippen molar-refractivity contribution < 1.29 is 19.0 Å². The Labute approximate surface area is 144 Å². The van der Waals surface area contributed by atoms with Crippen molar-refractivity contribution in [2.75, 3.05) is 31.5 Å². The van der Waals surface area contributed by atoms with E-state index < -0.39 is 6.09 Å². The molecule has 0 bridgehead atoms. The Hall–Kier alpha value is -2.67. The van der Waals surface area contributed by atoms with Gasteiger partial charge < -0.3 is 19.5 Å². The molecule has 2 rings (SSSR count). The van der Waals surface area contributed by atoms with Gasteiger partial charge in [0.15, 0.2) is 0 Å². The second-order valence-electron chi connectivity index (χ2n) is 4.59. The highest BCUT2D eigenvalue weighted by molar-refractivity contribution is 6.32. The average molecular weight is 352 g/mol. The summed E-state index contributed by atoms with van der Waals surface area (Å²) in [6.07, 6.45) is 0.989. The number of ether oxygens (including phenoxy) is 3. The fraction of sp³-hybridized carbons (Fsp3) is 0.250. The van der Waals surface area contributed by atoms with Gasteiger partial charge in [-0.25, -0.2) is 9.78 Å². The lowest BCUT2D eigenvalue weighted by atomic mass is 10.2. The third kappa shape index (κ3) is 4.42. The minimum absolute atomic E-state index is 0.303. The molecule has 24 heavy (non-hydrogen) atoms. The van der Waals surface area contributed by atoms with Crippen LogP contribution in [0.15, 0.2) is 30.5 Å². The molecule has 0 spiro atoms. The molecule has 7 nitrogen and oxygen atoms in total. The number of amides is 1. The van der Waals surface area contributed by atoms with Gasteiger partial charge in [0.05, 0.1) is 43.4 Å². The van der Waals surface area contributed by atoms with Crippen LogP contribution in [0, 0.1) is 0 Å². The van der Waals surface area contributed by atoms with E-state index in [2.05, 4.69) is 15.6 Å². The Morgan fingerprint density at radius 3 is 2.54 bits per heavy atom. The summed E-state index contributed by atoms with van der Waals surface area (Å²) >= 11 is 6.08. The first-order valence-electron chi connectivity index (χ1n) is 7.15. The van der Waals surface area contributed by atoms with Gasteiger partial charge in [0.25, 0.3) is 0 Å². The number of carbonyl (C=O) groups excluding carboxylic acids is 1. The maximum Gasteiger partial charge on any atom is 0.411 e. The molecule has 128 valence electrons. The quantitative estimate of drug-likeness (QED) is 0.816. The molecule has 0 saturated carbocycles. The summed E-state index contributed by atoms with van der Waals surface area (Å²) in [4.78, 5) is 15.6. The second-order valence-corrected chi connectivity index (χ2v) is 5.00. The van der Waals surface area contributed by atoms with Gasteiger partial charge >= 0.3 is 6.09 Å². The number of hydrogen-bond acceptors (Lipinski definition) is 6. The Kier molecular flexibility index (Phi) is 6.08. The molecule has 8 heteroatoms. The van der Waals surface area contributed by atoms with Crippen LogP contribution in [-0.4, -0.2) is 31.9 Å². The predicted molar refractivity (Wildman–Crippen MR) is 92.7 cm³/mol. The number of halogens is 1. The molecule has 0 radical (unpaired) electrons. The number of methoxy groups -OCH3 is 2. The highest BCUT2D eigenvalue weighted by Gasteiger charge is 2.11. The Morgan fingerprint density at radius 2 is 1.96 bits per heavy atom. The van der Waals surface area contributed by atoms with Crippen LogP contribution in [0.4, 0.5) is 22.0 Å². The lowest BCUT2D eigenvalue weighted by molar-refractivity contribution is 0.168. The SMILES string of the molecule is CCOC(=O)Nc1ccc(Nc2cc(OC)c(Cl)cc2OC)nc1. The number of hydrogen-bond donors (Lipinski definition) is 2. The summed E-state index contributed by atoms with van der Waals surface area (Å²) in [5.41, 5.74) is 1.18. The summed E-state index contributed by atoms with van der Waals surface area (Å²) in [5.74, 6) is 1.63. The number of benzene rings is 1. The van der Waals surface area contributed by atoms with E-state index >= 15 is 0 Å². The molecule has 1 amide bonds. The number of anilines is 3. The molecule has 2 N–H and O–H groups in total. The molecule has 0 aliphatic rings. The fourth-order valence-corrected chi connectivity index (χ4v) is 2.15. The van der Waals surface area contributed by atoms with Gasteiger partial charge in [-0.05, 0) is 19.1 Å². The number of nitrogens with zero attached hydrogens (tertiary/aromatic N) is 1. The third-order valence-corrected chi connectivity index (χ3v) is 3.32. The molecule has 0 fully saturated rings. The fourth-order valence-electron chi connectivity index (χ4n) is 1.92.